The van der Waals surface area contributed by atoms with Gasteiger partial charge in [0.25, 0.3) is 5.91 Å². The number of hydrogen-bond donors (Lipinski definition) is 2. The van der Waals surface area contributed by atoms with Crippen LogP contribution in [0.4, 0.5) is 9.52 Å². The highest BCUT2D eigenvalue weighted by Gasteiger charge is 2.17. The number of carbonyl (C=O) groups excluding carboxylic acids is 2. The molecule has 0 fully saturated rings. The molecule has 3 aromatic rings. The second-order valence-electron chi connectivity index (χ2n) is 7.80. The van der Waals surface area contributed by atoms with Gasteiger partial charge in [0.1, 0.15) is 18.0 Å². The standard InChI is InChI=1S/C21H23FN4O5S2/c1-21(2,22)13-31-16-6-4-5-14(9-16)17-12-32-20(24-17)25-18(27)10-23-19(28)15-7-8-26(11-15)33(3,29)30/h4-9,11-12H,10,13H2,1-3H3,(H,23,28)(H,24,25,27). The van der Waals surface area contributed by atoms with Crippen LogP contribution in [0, 0.1) is 0 Å². The fourth-order valence-electron chi connectivity index (χ4n) is 2.61. The quantitative estimate of drug-likeness (QED) is 0.472. The molecule has 0 bridgehead atoms. The number of hydrogen-bond acceptors (Lipinski definition) is 7. The summed E-state index contributed by atoms with van der Waals surface area (Å²) in [6.45, 7) is 2.46. The summed E-state index contributed by atoms with van der Waals surface area (Å²) < 4.78 is 43.0. The van der Waals surface area contributed by atoms with Crippen LogP contribution in [0.5, 0.6) is 5.75 Å². The number of halogens is 1. The van der Waals surface area contributed by atoms with Crippen molar-refractivity contribution in [1.29, 1.82) is 0 Å². The van der Waals surface area contributed by atoms with Crippen LogP contribution in [0.15, 0.2) is 48.1 Å². The van der Waals surface area contributed by atoms with Crippen LogP contribution in [0.2, 0.25) is 0 Å². The molecule has 2 aromatic heterocycles. The molecular formula is C21H23FN4O5S2. The summed E-state index contributed by atoms with van der Waals surface area (Å²) in [5.74, 6) is -0.570. The normalized spacial score (nSPS) is 11.8. The van der Waals surface area contributed by atoms with Gasteiger partial charge in [-0.25, -0.2) is 17.8 Å². The van der Waals surface area contributed by atoms with Gasteiger partial charge in [0, 0.05) is 23.3 Å². The van der Waals surface area contributed by atoms with Crippen molar-refractivity contribution >= 4 is 38.3 Å². The third-order valence-corrected chi connectivity index (χ3v) is 5.94. The van der Waals surface area contributed by atoms with Crippen LogP contribution in [0.25, 0.3) is 11.3 Å². The van der Waals surface area contributed by atoms with Crippen molar-refractivity contribution < 1.29 is 27.1 Å². The molecule has 2 amide bonds. The van der Waals surface area contributed by atoms with E-state index in [2.05, 4.69) is 15.6 Å². The van der Waals surface area contributed by atoms with Crippen molar-refractivity contribution in [2.75, 3.05) is 24.7 Å². The fourth-order valence-corrected chi connectivity index (χ4v) is 3.93. The van der Waals surface area contributed by atoms with Gasteiger partial charge in [-0.1, -0.05) is 12.1 Å². The molecule has 0 atom stereocenters. The number of thiazole rings is 1. The average Bonchev–Trinajstić information content (AvgIpc) is 3.40. The predicted molar refractivity (Wildman–Crippen MR) is 124 cm³/mol. The molecule has 0 aliphatic heterocycles. The molecule has 33 heavy (non-hydrogen) atoms. The summed E-state index contributed by atoms with van der Waals surface area (Å²) in [5, 5.41) is 7.11. The van der Waals surface area contributed by atoms with Crippen LogP contribution in [-0.2, 0) is 14.8 Å². The van der Waals surface area contributed by atoms with E-state index in [1.165, 1.54) is 43.6 Å². The summed E-state index contributed by atoms with van der Waals surface area (Å²) in [6, 6.07) is 8.37. The van der Waals surface area contributed by atoms with Gasteiger partial charge in [-0.3, -0.25) is 13.6 Å². The summed E-state index contributed by atoms with van der Waals surface area (Å²) in [4.78, 5) is 28.7. The van der Waals surface area contributed by atoms with E-state index in [4.69, 9.17) is 4.74 Å². The monoisotopic (exact) mass is 494 g/mol. The first-order chi connectivity index (χ1) is 15.4. The van der Waals surface area contributed by atoms with E-state index < -0.39 is 27.5 Å². The largest absolute Gasteiger partial charge is 0.490 e. The fraction of sp³-hybridized carbons (Fsp3) is 0.286. The molecular weight excluding hydrogens is 471 g/mol. The number of nitrogens with zero attached hydrogens (tertiary/aromatic N) is 2. The minimum absolute atomic E-state index is 0.0838. The predicted octanol–water partition coefficient (Wildman–Crippen LogP) is 2.91. The molecule has 0 radical (unpaired) electrons. The molecule has 0 aliphatic carbocycles. The topological polar surface area (TPSA) is 119 Å². The highest BCUT2D eigenvalue weighted by Crippen LogP contribution is 2.28. The maximum Gasteiger partial charge on any atom is 0.253 e. The van der Waals surface area contributed by atoms with Gasteiger partial charge >= 0.3 is 0 Å². The van der Waals surface area contributed by atoms with E-state index in [1.807, 2.05) is 6.07 Å². The minimum Gasteiger partial charge on any atom is -0.490 e. The summed E-state index contributed by atoms with van der Waals surface area (Å²) >= 11 is 1.21. The lowest BCUT2D eigenvalue weighted by Gasteiger charge is -2.15. The molecule has 2 N–H and O–H groups in total. The summed E-state index contributed by atoms with van der Waals surface area (Å²) in [5.41, 5.74) is 0.000267. The third-order valence-electron chi connectivity index (χ3n) is 4.18. The van der Waals surface area contributed by atoms with Crippen molar-refractivity contribution in [3.63, 3.8) is 0 Å². The first kappa shape index (κ1) is 24.4. The van der Waals surface area contributed by atoms with Gasteiger partial charge in [0.15, 0.2) is 5.13 Å². The van der Waals surface area contributed by atoms with Crippen molar-refractivity contribution in [1.82, 2.24) is 14.3 Å². The van der Waals surface area contributed by atoms with Crippen LogP contribution < -0.4 is 15.4 Å². The minimum atomic E-state index is -3.49. The lowest BCUT2D eigenvalue weighted by Crippen LogP contribution is -2.32. The zero-order valence-electron chi connectivity index (χ0n) is 18.2. The first-order valence-corrected chi connectivity index (χ1v) is 12.5. The number of alkyl halides is 1. The molecule has 1 aromatic carbocycles. The number of ether oxygens (including phenoxy) is 1. The number of benzene rings is 1. The number of aromatic nitrogens is 2. The maximum absolute atomic E-state index is 13.7. The summed E-state index contributed by atoms with van der Waals surface area (Å²) in [7, 11) is -3.49. The van der Waals surface area contributed by atoms with Crippen molar-refractivity contribution in [2.45, 2.75) is 19.5 Å². The number of amides is 2. The van der Waals surface area contributed by atoms with Crippen LogP contribution in [0.3, 0.4) is 0 Å². The van der Waals surface area contributed by atoms with E-state index in [0.29, 0.717) is 16.6 Å². The van der Waals surface area contributed by atoms with Crippen LogP contribution in [-0.4, -0.2) is 54.3 Å². The Labute approximate surface area is 194 Å². The summed E-state index contributed by atoms with van der Waals surface area (Å²) in [6.07, 6.45) is 3.43. The molecule has 0 unspecified atom stereocenters. The second-order valence-corrected chi connectivity index (χ2v) is 10.5. The van der Waals surface area contributed by atoms with Gasteiger partial charge in [-0.2, -0.15) is 0 Å². The highest BCUT2D eigenvalue weighted by atomic mass is 32.2. The average molecular weight is 495 g/mol. The SMILES string of the molecule is CC(C)(F)COc1cccc(-c2csc(NC(=O)CNC(=O)c3ccn(S(C)(=O)=O)c3)n2)c1. The smallest absolute Gasteiger partial charge is 0.253 e. The zero-order chi connectivity index (χ0) is 24.2. The van der Waals surface area contributed by atoms with Gasteiger partial charge < -0.3 is 15.4 Å². The van der Waals surface area contributed by atoms with Crippen molar-refractivity contribution in [3.05, 3.63) is 53.7 Å². The number of carbonyl (C=O) groups is 2. The number of nitrogens with one attached hydrogen (secondary N) is 2. The van der Waals surface area contributed by atoms with Crippen molar-refractivity contribution in [3.8, 4) is 17.0 Å². The lowest BCUT2D eigenvalue weighted by molar-refractivity contribution is -0.115. The molecule has 0 aliphatic rings. The Morgan fingerprint density at radius 2 is 2.03 bits per heavy atom. The van der Waals surface area contributed by atoms with E-state index in [1.54, 1.807) is 23.6 Å². The molecule has 0 spiro atoms. The Balaban J connectivity index is 1.55. The number of anilines is 1. The van der Waals surface area contributed by atoms with E-state index >= 15 is 0 Å². The Morgan fingerprint density at radius 1 is 1.27 bits per heavy atom. The van der Waals surface area contributed by atoms with E-state index in [9.17, 15) is 22.4 Å². The van der Waals surface area contributed by atoms with Crippen LogP contribution in [0.1, 0.15) is 24.2 Å². The molecule has 176 valence electrons. The van der Waals surface area contributed by atoms with E-state index in [0.717, 1.165) is 15.8 Å². The maximum atomic E-state index is 13.7. The van der Waals surface area contributed by atoms with Gasteiger partial charge in [0.2, 0.25) is 15.9 Å². The van der Waals surface area contributed by atoms with E-state index in [-0.39, 0.29) is 18.7 Å². The Kier molecular flexibility index (Phi) is 7.18. The zero-order valence-corrected chi connectivity index (χ0v) is 19.8. The molecule has 2 heterocycles. The van der Waals surface area contributed by atoms with Crippen molar-refractivity contribution in [2.24, 2.45) is 0 Å². The molecule has 0 saturated heterocycles. The lowest BCUT2D eigenvalue weighted by atomic mass is 10.1. The Morgan fingerprint density at radius 3 is 2.70 bits per heavy atom. The van der Waals surface area contributed by atoms with Gasteiger partial charge in [-0.15, -0.1) is 11.3 Å². The first-order valence-electron chi connectivity index (χ1n) is 9.75. The second kappa shape index (κ2) is 9.71. The van der Waals surface area contributed by atoms with Gasteiger partial charge in [0.05, 0.1) is 24.1 Å². The molecule has 3 rings (SSSR count). The van der Waals surface area contributed by atoms with Gasteiger partial charge in [-0.05, 0) is 32.0 Å². The Bertz CT molecular complexity index is 1260. The molecule has 0 saturated carbocycles. The number of rotatable bonds is 9. The molecule has 9 nitrogen and oxygen atoms in total. The Hall–Kier alpha value is -3.25. The third kappa shape index (κ3) is 7.12. The highest BCUT2D eigenvalue weighted by molar-refractivity contribution is 7.89. The molecule has 12 heteroatoms. The van der Waals surface area contributed by atoms with Crippen LogP contribution >= 0.6 is 11.3 Å².